The molecule has 15 heavy (non-hydrogen) atoms. The van der Waals surface area contributed by atoms with Gasteiger partial charge in [-0.3, -0.25) is 0 Å². The van der Waals surface area contributed by atoms with Crippen molar-refractivity contribution >= 4 is 28.1 Å². The van der Waals surface area contributed by atoms with Crippen molar-refractivity contribution in [3.05, 3.63) is 46.5 Å². The van der Waals surface area contributed by atoms with Gasteiger partial charge in [0.25, 0.3) is 0 Å². The van der Waals surface area contributed by atoms with Crippen LogP contribution in [0.3, 0.4) is 0 Å². The Morgan fingerprint density at radius 2 is 1.93 bits per heavy atom. The molecule has 0 saturated heterocycles. The van der Waals surface area contributed by atoms with Gasteiger partial charge < -0.3 is 0 Å². The lowest BCUT2D eigenvalue weighted by Crippen LogP contribution is -1.89. The van der Waals surface area contributed by atoms with Crippen molar-refractivity contribution in [3.63, 3.8) is 0 Å². The minimum absolute atomic E-state index is 0.702. The highest BCUT2D eigenvalue weighted by molar-refractivity contribution is 9.10. The lowest BCUT2D eigenvalue weighted by atomic mass is 10.2. The Balaban J connectivity index is 2.19. The van der Waals surface area contributed by atoms with Crippen LogP contribution in [0.1, 0.15) is 11.4 Å². The predicted octanol–water partition coefficient (Wildman–Crippen LogP) is 2.75. The van der Waals surface area contributed by atoms with Gasteiger partial charge in [-0.25, -0.2) is 9.67 Å². The van der Waals surface area contributed by atoms with Crippen LogP contribution in [0.5, 0.6) is 0 Å². The summed E-state index contributed by atoms with van der Waals surface area (Å²) in [5.74, 6) is 0.702. The fourth-order valence-corrected chi connectivity index (χ4v) is 1.45. The van der Waals surface area contributed by atoms with Crippen LogP contribution in [0.2, 0.25) is 0 Å². The van der Waals surface area contributed by atoms with Crippen molar-refractivity contribution in [2.45, 2.75) is 0 Å². The first-order valence-corrected chi connectivity index (χ1v) is 5.34. The summed E-state index contributed by atoms with van der Waals surface area (Å²) in [5, 5.41) is 4.20. The first-order valence-electron chi connectivity index (χ1n) is 4.55. The second-order valence-corrected chi connectivity index (χ2v) is 3.82. The molecule has 4 heteroatoms. The Morgan fingerprint density at radius 3 is 2.53 bits per heavy atom. The van der Waals surface area contributed by atoms with Crippen molar-refractivity contribution in [2.75, 3.05) is 0 Å². The smallest absolute Gasteiger partial charge is 0.195 e. The number of rotatable bonds is 2. The number of aryl methyl sites for hydroxylation is 1. The first kappa shape index (κ1) is 10.1. The van der Waals surface area contributed by atoms with E-state index >= 15 is 0 Å². The predicted molar refractivity (Wildman–Crippen MR) is 64.1 cm³/mol. The summed E-state index contributed by atoms with van der Waals surface area (Å²) in [4.78, 5) is 4.21. The van der Waals surface area contributed by atoms with Crippen LogP contribution in [0.15, 0.2) is 35.1 Å². The SMILES string of the molecule is Cn1nc(/C=C/c2ccccc2)nc1Br. The van der Waals surface area contributed by atoms with Gasteiger partial charge in [0.2, 0.25) is 0 Å². The van der Waals surface area contributed by atoms with Gasteiger partial charge in [0, 0.05) is 7.05 Å². The van der Waals surface area contributed by atoms with Gasteiger partial charge in [-0.05, 0) is 27.6 Å². The van der Waals surface area contributed by atoms with Gasteiger partial charge in [-0.1, -0.05) is 36.4 Å². The normalized spacial score (nSPS) is 11.1. The Bertz CT molecular complexity index is 454. The minimum atomic E-state index is 0.702. The summed E-state index contributed by atoms with van der Waals surface area (Å²) in [6, 6.07) is 10.1. The molecule has 0 saturated carbocycles. The van der Waals surface area contributed by atoms with Gasteiger partial charge in [0.1, 0.15) is 0 Å². The van der Waals surface area contributed by atoms with E-state index in [1.54, 1.807) is 4.68 Å². The monoisotopic (exact) mass is 263 g/mol. The van der Waals surface area contributed by atoms with Crippen molar-refractivity contribution in [1.82, 2.24) is 14.8 Å². The molecule has 0 bridgehead atoms. The van der Waals surface area contributed by atoms with Crippen molar-refractivity contribution in [1.29, 1.82) is 0 Å². The average Bonchev–Trinajstić information content (AvgIpc) is 2.57. The Morgan fingerprint density at radius 1 is 1.20 bits per heavy atom. The maximum Gasteiger partial charge on any atom is 0.195 e. The maximum absolute atomic E-state index is 4.21. The van der Waals surface area contributed by atoms with Crippen LogP contribution in [0.4, 0.5) is 0 Å². The van der Waals surface area contributed by atoms with Crippen LogP contribution >= 0.6 is 15.9 Å². The zero-order valence-corrected chi connectivity index (χ0v) is 9.85. The topological polar surface area (TPSA) is 30.7 Å². The molecule has 0 fully saturated rings. The molecule has 3 nitrogen and oxygen atoms in total. The fourth-order valence-electron chi connectivity index (χ4n) is 1.19. The molecule has 1 aromatic heterocycles. The molecule has 0 spiro atoms. The summed E-state index contributed by atoms with van der Waals surface area (Å²) in [7, 11) is 1.84. The molecule has 0 amide bonds. The number of hydrogen-bond acceptors (Lipinski definition) is 2. The van der Waals surface area contributed by atoms with E-state index < -0.39 is 0 Å². The zero-order chi connectivity index (χ0) is 10.7. The first-order chi connectivity index (χ1) is 7.25. The third kappa shape index (κ3) is 2.53. The molecular formula is C11H10BrN3. The second kappa shape index (κ2) is 4.40. The molecule has 0 aliphatic rings. The molecule has 1 aromatic carbocycles. The highest BCUT2D eigenvalue weighted by atomic mass is 79.9. The van der Waals surface area contributed by atoms with Crippen LogP contribution in [0.25, 0.3) is 12.2 Å². The molecule has 0 unspecified atom stereocenters. The number of benzene rings is 1. The highest BCUT2D eigenvalue weighted by Crippen LogP contribution is 2.08. The lowest BCUT2D eigenvalue weighted by molar-refractivity contribution is 0.743. The maximum atomic E-state index is 4.21. The van der Waals surface area contributed by atoms with E-state index in [9.17, 15) is 0 Å². The quantitative estimate of drug-likeness (QED) is 0.835. The second-order valence-electron chi connectivity index (χ2n) is 3.11. The van der Waals surface area contributed by atoms with Crippen LogP contribution in [-0.4, -0.2) is 14.8 Å². The Kier molecular flexibility index (Phi) is 2.97. The van der Waals surface area contributed by atoms with E-state index in [0.717, 1.165) is 10.3 Å². The van der Waals surface area contributed by atoms with Crippen LogP contribution < -0.4 is 0 Å². The third-order valence-corrected chi connectivity index (χ3v) is 2.64. The summed E-state index contributed by atoms with van der Waals surface area (Å²) < 4.78 is 2.42. The Hall–Kier alpha value is -1.42. The molecule has 0 radical (unpaired) electrons. The molecule has 2 rings (SSSR count). The molecule has 0 aliphatic carbocycles. The standard InChI is InChI=1S/C11H10BrN3/c1-15-11(12)13-10(14-15)8-7-9-5-3-2-4-6-9/h2-8H,1H3/b8-7+. The van der Waals surface area contributed by atoms with E-state index in [-0.39, 0.29) is 0 Å². The third-order valence-electron chi connectivity index (χ3n) is 1.95. The number of aromatic nitrogens is 3. The summed E-state index contributed by atoms with van der Waals surface area (Å²) in [6.45, 7) is 0. The van der Waals surface area contributed by atoms with Crippen molar-refractivity contribution in [2.24, 2.45) is 7.05 Å². The highest BCUT2D eigenvalue weighted by Gasteiger charge is 1.99. The van der Waals surface area contributed by atoms with Crippen molar-refractivity contribution in [3.8, 4) is 0 Å². The van der Waals surface area contributed by atoms with Crippen LogP contribution in [0, 0.1) is 0 Å². The van der Waals surface area contributed by atoms with Gasteiger partial charge in [-0.2, -0.15) is 5.10 Å². The van der Waals surface area contributed by atoms with E-state index in [4.69, 9.17) is 0 Å². The molecule has 0 aliphatic heterocycles. The van der Waals surface area contributed by atoms with Crippen molar-refractivity contribution < 1.29 is 0 Å². The molecule has 1 heterocycles. The molecule has 0 N–H and O–H groups in total. The molecule has 0 atom stereocenters. The number of halogens is 1. The van der Waals surface area contributed by atoms with E-state index in [2.05, 4.69) is 26.0 Å². The fraction of sp³-hybridized carbons (Fsp3) is 0.0909. The number of hydrogen-bond donors (Lipinski definition) is 0. The number of nitrogens with zero attached hydrogens (tertiary/aromatic N) is 3. The largest absolute Gasteiger partial charge is 0.243 e. The van der Waals surface area contributed by atoms with Gasteiger partial charge >= 0.3 is 0 Å². The minimum Gasteiger partial charge on any atom is -0.243 e. The molecule has 2 aromatic rings. The van der Waals surface area contributed by atoms with E-state index in [1.807, 2.05) is 49.5 Å². The van der Waals surface area contributed by atoms with Gasteiger partial charge in [0.15, 0.2) is 10.6 Å². The zero-order valence-electron chi connectivity index (χ0n) is 8.26. The van der Waals surface area contributed by atoms with E-state index in [0.29, 0.717) is 5.82 Å². The van der Waals surface area contributed by atoms with Gasteiger partial charge in [0.05, 0.1) is 0 Å². The van der Waals surface area contributed by atoms with Crippen LogP contribution in [-0.2, 0) is 7.05 Å². The molecule has 76 valence electrons. The summed E-state index contributed by atoms with van der Waals surface area (Å²) >= 11 is 3.30. The Labute approximate surface area is 96.6 Å². The summed E-state index contributed by atoms with van der Waals surface area (Å²) in [5.41, 5.74) is 1.14. The summed E-state index contributed by atoms with van der Waals surface area (Å²) in [6.07, 6.45) is 3.88. The molecular weight excluding hydrogens is 254 g/mol. The van der Waals surface area contributed by atoms with E-state index in [1.165, 1.54) is 0 Å². The average molecular weight is 264 g/mol. The lowest BCUT2D eigenvalue weighted by Gasteiger charge is -1.88. The van der Waals surface area contributed by atoms with Gasteiger partial charge in [-0.15, -0.1) is 0 Å².